The number of nitrogens with one attached hydrogen (secondary N) is 1. The molecule has 0 radical (unpaired) electrons. The van der Waals surface area contributed by atoms with Crippen LogP contribution in [0.5, 0.6) is 5.75 Å². The Bertz CT molecular complexity index is 407. The van der Waals surface area contributed by atoms with Crippen LogP contribution in [0.2, 0.25) is 0 Å². The van der Waals surface area contributed by atoms with Crippen LogP contribution in [0.3, 0.4) is 0 Å². The summed E-state index contributed by atoms with van der Waals surface area (Å²) in [5.74, 6) is 0.967. The van der Waals surface area contributed by atoms with Crippen LogP contribution < -0.4 is 10.1 Å². The van der Waals surface area contributed by atoms with Crippen molar-refractivity contribution < 1.29 is 9.84 Å². The molecule has 2 rings (SSSR count). The molecule has 1 aromatic rings. The first kappa shape index (κ1) is 15.3. The van der Waals surface area contributed by atoms with Gasteiger partial charge in [0.25, 0.3) is 0 Å². The van der Waals surface area contributed by atoms with Crippen molar-refractivity contribution in [1.82, 2.24) is 10.2 Å². The van der Waals surface area contributed by atoms with Gasteiger partial charge < -0.3 is 20.1 Å². The molecule has 0 aliphatic carbocycles. The van der Waals surface area contributed by atoms with E-state index in [0.29, 0.717) is 6.54 Å². The number of nitrogens with zero attached hydrogens (tertiary/aromatic N) is 1. The van der Waals surface area contributed by atoms with E-state index in [1.807, 2.05) is 18.2 Å². The number of benzene rings is 1. The van der Waals surface area contributed by atoms with E-state index in [0.717, 1.165) is 38.4 Å². The van der Waals surface area contributed by atoms with Gasteiger partial charge in [0.05, 0.1) is 12.7 Å². The molecule has 1 aliphatic rings. The van der Waals surface area contributed by atoms with E-state index >= 15 is 0 Å². The highest BCUT2D eigenvalue weighted by atomic mass is 16.5. The minimum Gasteiger partial charge on any atom is -0.493 e. The van der Waals surface area contributed by atoms with E-state index < -0.39 is 0 Å². The molecule has 1 aliphatic heterocycles. The van der Waals surface area contributed by atoms with Gasteiger partial charge in [-0.2, -0.15) is 0 Å². The van der Waals surface area contributed by atoms with Crippen molar-refractivity contribution in [2.45, 2.75) is 32.4 Å². The lowest BCUT2D eigenvalue weighted by atomic mass is 10.0. The number of ether oxygens (including phenoxy) is 1. The fraction of sp³-hybridized carbons (Fsp3) is 0.625. The molecule has 4 heteroatoms. The Balaban J connectivity index is 1.86. The van der Waals surface area contributed by atoms with Crippen molar-refractivity contribution >= 4 is 0 Å². The number of hydrogen-bond donors (Lipinski definition) is 2. The highest BCUT2D eigenvalue weighted by molar-refractivity contribution is 5.37. The molecule has 0 saturated heterocycles. The molecular formula is C16H26N2O2. The van der Waals surface area contributed by atoms with Crippen LogP contribution in [0.4, 0.5) is 0 Å². The summed E-state index contributed by atoms with van der Waals surface area (Å²) >= 11 is 0. The number of rotatable bonds is 7. The van der Waals surface area contributed by atoms with Crippen LogP contribution >= 0.6 is 0 Å². The van der Waals surface area contributed by atoms with Crippen molar-refractivity contribution in [3.63, 3.8) is 0 Å². The summed E-state index contributed by atoms with van der Waals surface area (Å²) < 4.78 is 5.65. The molecule has 0 amide bonds. The van der Waals surface area contributed by atoms with E-state index in [1.165, 1.54) is 5.56 Å². The fourth-order valence-electron chi connectivity index (χ4n) is 2.68. The molecule has 2 atom stereocenters. The molecule has 112 valence electrons. The van der Waals surface area contributed by atoms with Gasteiger partial charge in [-0.1, -0.05) is 32.0 Å². The lowest BCUT2D eigenvalue weighted by Gasteiger charge is -2.28. The van der Waals surface area contributed by atoms with Crippen molar-refractivity contribution in [2.75, 3.05) is 32.8 Å². The molecule has 0 aromatic heterocycles. The van der Waals surface area contributed by atoms with Gasteiger partial charge in [-0.25, -0.2) is 0 Å². The van der Waals surface area contributed by atoms with Crippen LogP contribution in [0, 0.1) is 0 Å². The first-order valence-corrected chi connectivity index (χ1v) is 7.60. The monoisotopic (exact) mass is 278 g/mol. The molecule has 0 fully saturated rings. The predicted octanol–water partition coefficient (Wildman–Crippen LogP) is 1.80. The zero-order valence-corrected chi connectivity index (χ0v) is 12.5. The summed E-state index contributed by atoms with van der Waals surface area (Å²) in [7, 11) is 0. The zero-order chi connectivity index (χ0) is 14.4. The zero-order valence-electron chi connectivity index (χ0n) is 12.5. The minimum atomic E-state index is -0.329. The average Bonchev–Trinajstić information content (AvgIpc) is 2.50. The molecular weight excluding hydrogens is 252 g/mol. The van der Waals surface area contributed by atoms with Crippen LogP contribution in [0.25, 0.3) is 0 Å². The smallest absolute Gasteiger partial charge is 0.124 e. The van der Waals surface area contributed by atoms with Crippen LogP contribution in [-0.4, -0.2) is 48.9 Å². The average molecular weight is 278 g/mol. The minimum absolute atomic E-state index is 0.284. The summed E-state index contributed by atoms with van der Waals surface area (Å²) in [6.07, 6.45) is 0.625. The number of hydrogen-bond acceptors (Lipinski definition) is 4. The normalized spacial score (nSPS) is 19.5. The van der Waals surface area contributed by atoms with Gasteiger partial charge in [0.1, 0.15) is 5.75 Å². The molecule has 0 bridgehead atoms. The number of likely N-dealkylation sites (N-methyl/N-ethyl adjacent to an activating group) is 1. The molecule has 0 saturated carbocycles. The Kier molecular flexibility index (Phi) is 5.83. The SMILES string of the molecule is CCN(CC)CC(O)CNC1CCOc2ccccc21. The maximum atomic E-state index is 10.1. The molecule has 2 unspecified atom stereocenters. The quantitative estimate of drug-likeness (QED) is 0.798. The third kappa shape index (κ3) is 3.95. The maximum absolute atomic E-state index is 10.1. The number of aliphatic hydroxyl groups is 1. The summed E-state index contributed by atoms with van der Waals surface area (Å²) in [6, 6.07) is 8.43. The van der Waals surface area contributed by atoms with Crippen LogP contribution in [0.15, 0.2) is 24.3 Å². The van der Waals surface area contributed by atoms with Crippen LogP contribution in [-0.2, 0) is 0 Å². The second kappa shape index (κ2) is 7.62. The van der Waals surface area contributed by atoms with Crippen molar-refractivity contribution in [1.29, 1.82) is 0 Å². The summed E-state index contributed by atoms with van der Waals surface area (Å²) in [5, 5.41) is 13.6. The first-order valence-electron chi connectivity index (χ1n) is 7.60. The standard InChI is InChI=1S/C16H26N2O2/c1-3-18(4-2)12-13(19)11-17-15-9-10-20-16-8-6-5-7-14(15)16/h5-8,13,15,17,19H,3-4,9-12H2,1-2H3. The van der Waals surface area contributed by atoms with Gasteiger partial charge >= 0.3 is 0 Å². The van der Waals surface area contributed by atoms with E-state index in [4.69, 9.17) is 4.74 Å². The van der Waals surface area contributed by atoms with Gasteiger partial charge in [-0.15, -0.1) is 0 Å². The van der Waals surface area contributed by atoms with Crippen molar-refractivity contribution in [3.05, 3.63) is 29.8 Å². The fourth-order valence-corrected chi connectivity index (χ4v) is 2.68. The number of aliphatic hydroxyl groups excluding tert-OH is 1. The van der Waals surface area contributed by atoms with Gasteiger partial charge in [0.15, 0.2) is 0 Å². The Hall–Kier alpha value is -1.10. The Labute approximate surface area is 121 Å². The topological polar surface area (TPSA) is 44.7 Å². The predicted molar refractivity (Wildman–Crippen MR) is 81.1 cm³/mol. The highest BCUT2D eigenvalue weighted by Gasteiger charge is 2.21. The maximum Gasteiger partial charge on any atom is 0.124 e. The van der Waals surface area contributed by atoms with E-state index in [2.05, 4.69) is 30.1 Å². The molecule has 20 heavy (non-hydrogen) atoms. The summed E-state index contributed by atoms with van der Waals surface area (Å²) in [6.45, 7) is 8.29. The summed E-state index contributed by atoms with van der Waals surface area (Å²) in [5.41, 5.74) is 1.20. The first-order chi connectivity index (χ1) is 9.74. The van der Waals surface area contributed by atoms with Crippen LogP contribution in [0.1, 0.15) is 31.9 Å². The van der Waals surface area contributed by atoms with E-state index in [9.17, 15) is 5.11 Å². The molecule has 1 heterocycles. The summed E-state index contributed by atoms with van der Waals surface area (Å²) in [4.78, 5) is 2.24. The van der Waals surface area contributed by atoms with Gasteiger partial charge in [0, 0.05) is 31.1 Å². The molecule has 1 aromatic carbocycles. The highest BCUT2D eigenvalue weighted by Crippen LogP contribution is 2.31. The van der Waals surface area contributed by atoms with Crippen molar-refractivity contribution in [2.24, 2.45) is 0 Å². The lowest BCUT2D eigenvalue weighted by molar-refractivity contribution is 0.111. The molecule has 0 spiro atoms. The second-order valence-corrected chi connectivity index (χ2v) is 5.28. The Morgan fingerprint density at radius 1 is 1.35 bits per heavy atom. The third-order valence-electron chi connectivity index (χ3n) is 3.92. The van der Waals surface area contributed by atoms with Gasteiger partial charge in [-0.3, -0.25) is 0 Å². The van der Waals surface area contributed by atoms with Gasteiger partial charge in [0.2, 0.25) is 0 Å². The molecule has 4 nitrogen and oxygen atoms in total. The Morgan fingerprint density at radius 3 is 2.85 bits per heavy atom. The van der Waals surface area contributed by atoms with E-state index in [-0.39, 0.29) is 12.1 Å². The number of para-hydroxylation sites is 1. The van der Waals surface area contributed by atoms with Crippen molar-refractivity contribution in [3.8, 4) is 5.75 Å². The largest absolute Gasteiger partial charge is 0.493 e. The van der Waals surface area contributed by atoms with E-state index in [1.54, 1.807) is 0 Å². The lowest BCUT2D eigenvalue weighted by Crippen LogP contribution is -2.40. The number of fused-ring (bicyclic) bond motifs is 1. The third-order valence-corrected chi connectivity index (χ3v) is 3.92. The second-order valence-electron chi connectivity index (χ2n) is 5.28. The Morgan fingerprint density at radius 2 is 2.10 bits per heavy atom. The van der Waals surface area contributed by atoms with Gasteiger partial charge in [-0.05, 0) is 19.2 Å². The molecule has 2 N–H and O–H groups in total.